The Balaban J connectivity index is 1.43. The number of fused-ring (bicyclic) bond motifs is 3. The quantitative estimate of drug-likeness (QED) is 0.659. The first-order valence-corrected chi connectivity index (χ1v) is 10.4. The summed E-state index contributed by atoms with van der Waals surface area (Å²) in [5.74, 6) is 0.276. The fourth-order valence-electron chi connectivity index (χ4n) is 3.75. The number of aliphatic imine (C=N–C) groups is 1. The van der Waals surface area contributed by atoms with Crippen LogP contribution in [-0.4, -0.2) is 51.9 Å². The fourth-order valence-corrected chi connectivity index (χ4v) is 4.14. The van der Waals surface area contributed by atoms with Gasteiger partial charge in [-0.15, -0.1) is 0 Å². The minimum absolute atomic E-state index is 0.191. The van der Waals surface area contributed by atoms with Crippen LogP contribution in [0.15, 0.2) is 64.2 Å². The average Bonchev–Trinajstić information content (AvgIpc) is 3.30. The molecule has 0 N–H and O–H groups in total. The van der Waals surface area contributed by atoms with Gasteiger partial charge in [0.1, 0.15) is 0 Å². The predicted molar refractivity (Wildman–Crippen MR) is 115 cm³/mol. The Bertz CT molecular complexity index is 1100. The van der Waals surface area contributed by atoms with Crippen LogP contribution in [0.25, 0.3) is 5.76 Å². The molecular weight excluding hydrogens is 472 g/mol. The highest BCUT2D eigenvalue weighted by Gasteiger charge is 2.54. The van der Waals surface area contributed by atoms with Gasteiger partial charge >= 0.3 is 6.03 Å². The van der Waals surface area contributed by atoms with Crippen molar-refractivity contribution >= 4 is 51.3 Å². The summed E-state index contributed by atoms with van der Waals surface area (Å²) in [5.41, 5.74) is 1.69. The van der Waals surface area contributed by atoms with Crippen LogP contribution in [0.2, 0.25) is 5.02 Å². The van der Waals surface area contributed by atoms with Gasteiger partial charge in [-0.05, 0) is 42.0 Å². The summed E-state index contributed by atoms with van der Waals surface area (Å²) in [7, 11) is 1.65. The van der Waals surface area contributed by atoms with Crippen LogP contribution >= 0.6 is 27.5 Å². The van der Waals surface area contributed by atoms with Crippen molar-refractivity contribution in [2.24, 2.45) is 4.99 Å². The minimum atomic E-state index is -0.664. The molecule has 3 aliphatic heterocycles. The van der Waals surface area contributed by atoms with E-state index in [2.05, 4.69) is 20.9 Å². The predicted octanol–water partition coefficient (Wildman–Crippen LogP) is 3.89. The minimum Gasteiger partial charge on any atom is -0.423 e. The van der Waals surface area contributed by atoms with Crippen molar-refractivity contribution in [3.05, 3.63) is 75.4 Å². The van der Waals surface area contributed by atoms with Crippen LogP contribution in [0.4, 0.5) is 4.79 Å². The zero-order valence-electron chi connectivity index (χ0n) is 15.8. The zero-order valence-corrected chi connectivity index (χ0v) is 18.2. The number of carbonyl (C=O) groups excluding carboxylic acids is 2. The van der Waals surface area contributed by atoms with Gasteiger partial charge in [-0.3, -0.25) is 14.6 Å². The van der Waals surface area contributed by atoms with E-state index in [9.17, 15) is 9.59 Å². The smallest absolute Gasteiger partial charge is 0.328 e. The molecule has 0 saturated carbocycles. The monoisotopic (exact) mass is 486 g/mol. The molecule has 1 saturated heterocycles. The molecule has 2 atom stereocenters. The molecule has 5 rings (SSSR count). The molecule has 2 unspecified atom stereocenters. The van der Waals surface area contributed by atoms with Crippen LogP contribution in [0, 0.1) is 0 Å². The van der Waals surface area contributed by atoms with Gasteiger partial charge in [0, 0.05) is 22.1 Å². The molecule has 3 aliphatic rings. The normalized spacial score (nSPS) is 22.6. The highest BCUT2D eigenvalue weighted by atomic mass is 79.9. The van der Waals surface area contributed by atoms with Gasteiger partial charge in [-0.25, -0.2) is 9.79 Å². The number of ether oxygens (including phenoxy) is 1. The standard InChI is InChI=1S/C21H16BrClN4O3/c1-25-18-17(19(28)27(21(25)29)10-12-2-6-14(22)7-3-12)26-11-16(30-20(26)24-18)13-4-8-15(23)9-5-13/h2-9,11,17-18H,10H2,1H3. The van der Waals surface area contributed by atoms with Crippen molar-refractivity contribution in [3.8, 4) is 0 Å². The molecule has 7 nitrogen and oxygen atoms in total. The molecule has 152 valence electrons. The van der Waals surface area contributed by atoms with E-state index in [0.29, 0.717) is 16.8 Å². The van der Waals surface area contributed by atoms with Gasteiger partial charge in [-0.2, -0.15) is 0 Å². The number of urea groups is 1. The van der Waals surface area contributed by atoms with E-state index >= 15 is 0 Å². The molecule has 0 bridgehead atoms. The van der Waals surface area contributed by atoms with Crippen LogP contribution in [0.3, 0.4) is 0 Å². The molecule has 0 spiro atoms. The maximum Gasteiger partial charge on any atom is 0.328 e. The summed E-state index contributed by atoms with van der Waals surface area (Å²) < 4.78 is 6.81. The summed E-state index contributed by atoms with van der Waals surface area (Å²) in [5, 5.41) is 0.626. The van der Waals surface area contributed by atoms with E-state index in [1.54, 1.807) is 30.3 Å². The topological polar surface area (TPSA) is 65.5 Å². The first-order chi connectivity index (χ1) is 14.4. The van der Waals surface area contributed by atoms with Gasteiger partial charge in [-0.1, -0.05) is 39.7 Å². The Morgan fingerprint density at radius 2 is 1.80 bits per heavy atom. The average molecular weight is 488 g/mol. The zero-order chi connectivity index (χ0) is 21.0. The van der Waals surface area contributed by atoms with Gasteiger partial charge in [0.25, 0.3) is 11.9 Å². The van der Waals surface area contributed by atoms with Crippen molar-refractivity contribution in [1.82, 2.24) is 14.7 Å². The summed E-state index contributed by atoms with van der Waals surface area (Å²) in [6, 6.07) is 14.0. The third-order valence-corrected chi connectivity index (χ3v) is 6.12. The molecule has 1 fully saturated rings. The second-order valence-corrected chi connectivity index (χ2v) is 8.58. The highest BCUT2D eigenvalue weighted by Crippen LogP contribution is 2.35. The van der Waals surface area contributed by atoms with Gasteiger partial charge in [0.05, 0.1) is 12.7 Å². The fraction of sp³-hybridized carbons (Fsp3) is 0.190. The number of rotatable bonds is 3. The Morgan fingerprint density at radius 1 is 1.10 bits per heavy atom. The third kappa shape index (κ3) is 3.07. The molecule has 2 aromatic rings. The number of benzene rings is 2. The van der Waals surface area contributed by atoms with Crippen LogP contribution in [0.5, 0.6) is 0 Å². The largest absolute Gasteiger partial charge is 0.423 e. The van der Waals surface area contributed by atoms with Crippen molar-refractivity contribution in [2.75, 3.05) is 7.05 Å². The molecule has 0 aliphatic carbocycles. The van der Waals surface area contributed by atoms with Crippen LogP contribution < -0.4 is 0 Å². The van der Waals surface area contributed by atoms with E-state index in [0.717, 1.165) is 15.6 Å². The van der Waals surface area contributed by atoms with Crippen molar-refractivity contribution < 1.29 is 14.3 Å². The number of imide groups is 1. The van der Waals surface area contributed by atoms with E-state index in [1.165, 1.54) is 9.80 Å². The summed E-state index contributed by atoms with van der Waals surface area (Å²) >= 11 is 9.36. The molecule has 0 radical (unpaired) electrons. The Labute approximate surface area is 186 Å². The Kier molecular flexibility index (Phi) is 4.56. The van der Waals surface area contributed by atoms with Gasteiger partial charge in [0.15, 0.2) is 18.0 Å². The van der Waals surface area contributed by atoms with Crippen molar-refractivity contribution in [3.63, 3.8) is 0 Å². The molecule has 0 aromatic heterocycles. The number of amidine groups is 1. The van der Waals surface area contributed by atoms with Crippen molar-refractivity contribution in [1.29, 1.82) is 0 Å². The second-order valence-electron chi connectivity index (χ2n) is 7.22. The number of hydrogen-bond acceptors (Lipinski definition) is 5. The summed E-state index contributed by atoms with van der Waals surface area (Å²) in [6.45, 7) is 0.191. The molecule has 3 heterocycles. The van der Waals surface area contributed by atoms with Gasteiger partial charge < -0.3 is 9.64 Å². The van der Waals surface area contributed by atoms with E-state index in [-0.39, 0.29) is 18.5 Å². The number of nitrogens with zero attached hydrogens (tertiary/aromatic N) is 4. The maximum atomic E-state index is 13.3. The number of carbonyl (C=O) groups is 2. The lowest BCUT2D eigenvalue weighted by molar-refractivity contribution is -0.137. The van der Waals surface area contributed by atoms with Crippen LogP contribution in [0.1, 0.15) is 11.1 Å². The highest BCUT2D eigenvalue weighted by molar-refractivity contribution is 9.10. The summed E-state index contributed by atoms with van der Waals surface area (Å²) in [4.78, 5) is 35.1. The van der Waals surface area contributed by atoms with E-state index in [4.69, 9.17) is 16.3 Å². The lowest BCUT2D eigenvalue weighted by Crippen LogP contribution is -2.63. The third-order valence-electron chi connectivity index (χ3n) is 5.33. The van der Waals surface area contributed by atoms with E-state index in [1.807, 2.05) is 36.4 Å². The summed E-state index contributed by atoms with van der Waals surface area (Å²) in [6.07, 6.45) is 1.13. The maximum absolute atomic E-state index is 13.3. The van der Waals surface area contributed by atoms with Crippen molar-refractivity contribution in [2.45, 2.75) is 18.8 Å². The lowest BCUT2D eigenvalue weighted by Gasteiger charge is -2.39. The molecule has 9 heteroatoms. The molecular formula is C21H16BrClN4O3. The Morgan fingerprint density at radius 3 is 2.50 bits per heavy atom. The molecule has 3 amide bonds. The number of amides is 3. The number of halogens is 2. The molecule has 30 heavy (non-hydrogen) atoms. The van der Waals surface area contributed by atoms with Crippen LogP contribution in [-0.2, 0) is 16.1 Å². The van der Waals surface area contributed by atoms with E-state index < -0.39 is 12.2 Å². The number of hydrogen-bond donors (Lipinski definition) is 0. The first kappa shape index (κ1) is 19.1. The second kappa shape index (κ2) is 7.14. The lowest BCUT2D eigenvalue weighted by atomic mass is 10.1. The Hall–Kier alpha value is -2.84. The number of likely N-dealkylation sites (N-methyl/N-ethyl adjacent to an activating group) is 1. The SMILES string of the molecule is CN1C(=O)N(Cc2ccc(Br)cc2)C(=O)C2C1N=C1OC(c3ccc(Cl)cc3)=CN12. The van der Waals surface area contributed by atoms with Gasteiger partial charge in [0.2, 0.25) is 0 Å². The molecule has 2 aromatic carbocycles. The first-order valence-electron chi connectivity index (χ1n) is 9.27.